The number of nitrogens with zero attached hydrogens (tertiary/aromatic N) is 2. The average molecular weight is 779 g/mol. The van der Waals surface area contributed by atoms with Gasteiger partial charge in [-0.05, 0) is 123 Å². The molecule has 2 atom stereocenters. The van der Waals surface area contributed by atoms with Crippen molar-refractivity contribution in [3.63, 3.8) is 0 Å². The minimum Gasteiger partial charge on any atom is -0.311 e. The van der Waals surface area contributed by atoms with Crippen LogP contribution in [-0.2, 0) is 10.8 Å². The highest BCUT2D eigenvalue weighted by Crippen LogP contribution is 2.51. The van der Waals surface area contributed by atoms with Crippen LogP contribution < -0.4 is 9.80 Å². The number of rotatable bonds is 9. The molecule has 2 heteroatoms. The van der Waals surface area contributed by atoms with Gasteiger partial charge in [0.2, 0.25) is 0 Å². The van der Waals surface area contributed by atoms with Crippen molar-refractivity contribution < 1.29 is 0 Å². The number of anilines is 5. The zero-order valence-electron chi connectivity index (χ0n) is 35.7. The molecule has 0 aliphatic heterocycles. The van der Waals surface area contributed by atoms with Gasteiger partial charge in [-0.25, -0.2) is 0 Å². The summed E-state index contributed by atoms with van der Waals surface area (Å²) in [5.74, 6) is 0.697. The number of hydrogen-bond acceptors (Lipinski definition) is 2. The predicted octanol–water partition coefficient (Wildman–Crippen LogP) is 15.9. The Morgan fingerprint density at radius 1 is 0.500 bits per heavy atom. The molecule has 296 valence electrons. The summed E-state index contributed by atoms with van der Waals surface area (Å²) < 4.78 is 0. The fourth-order valence-electron chi connectivity index (χ4n) is 9.12. The summed E-state index contributed by atoms with van der Waals surface area (Å²) in [5, 5.41) is 0. The quantitative estimate of drug-likeness (QED) is 0.135. The Morgan fingerprint density at radius 3 is 1.58 bits per heavy atom. The topological polar surface area (TPSA) is 6.48 Å². The highest BCUT2D eigenvalue weighted by Gasteiger charge is 2.36. The van der Waals surface area contributed by atoms with E-state index in [2.05, 4.69) is 258 Å². The van der Waals surface area contributed by atoms with Gasteiger partial charge in [0.05, 0.1) is 0 Å². The van der Waals surface area contributed by atoms with Crippen LogP contribution in [0.5, 0.6) is 0 Å². The molecule has 0 radical (unpaired) electrons. The summed E-state index contributed by atoms with van der Waals surface area (Å²) in [6.07, 6.45) is 11.7. The molecular formula is C58H54N2. The van der Waals surface area contributed by atoms with Gasteiger partial charge in [0.1, 0.15) is 0 Å². The van der Waals surface area contributed by atoms with Crippen molar-refractivity contribution in [3.05, 3.63) is 233 Å². The van der Waals surface area contributed by atoms with Crippen LogP contribution in [0.25, 0.3) is 23.3 Å². The fraction of sp³-hybridized carbons (Fsp3) is 0.172. The molecule has 2 aliphatic carbocycles. The minimum absolute atomic E-state index is 0.0832. The second-order valence-corrected chi connectivity index (χ2v) is 18.0. The number of hydrogen-bond donors (Lipinski definition) is 0. The van der Waals surface area contributed by atoms with Gasteiger partial charge in [0, 0.05) is 45.5 Å². The summed E-state index contributed by atoms with van der Waals surface area (Å²) in [4.78, 5) is 4.75. The molecule has 0 aromatic heterocycles. The predicted molar refractivity (Wildman–Crippen MR) is 257 cm³/mol. The molecule has 60 heavy (non-hydrogen) atoms. The maximum absolute atomic E-state index is 2.46. The summed E-state index contributed by atoms with van der Waals surface area (Å²) in [6, 6.07) is 64.1. The Bertz CT molecular complexity index is 2660. The van der Waals surface area contributed by atoms with Crippen LogP contribution in [0.3, 0.4) is 0 Å². The molecule has 9 rings (SSSR count). The van der Waals surface area contributed by atoms with E-state index in [1.54, 1.807) is 0 Å². The number of fused-ring (bicyclic) bond motifs is 3. The number of allylic oxidation sites excluding steroid dienone is 3. The molecule has 0 amide bonds. The monoisotopic (exact) mass is 778 g/mol. The van der Waals surface area contributed by atoms with Gasteiger partial charge >= 0.3 is 0 Å². The van der Waals surface area contributed by atoms with Gasteiger partial charge in [-0.2, -0.15) is 0 Å². The first-order valence-electron chi connectivity index (χ1n) is 21.4. The molecule has 0 N–H and O–H groups in total. The first-order valence-corrected chi connectivity index (χ1v) is 21.4. The Labute approximate surface area is 357 Å². The van der Waals surface area contributed by atoms with E-state index in [0.29, 0.717) is 11.8 Å². The zero-order valence-corrected chi connectivity index (χ0v) is 35.7. The normalized spacial score (nSPS) is 16.6. The van der Waals surface area contributed by atoms with E-state index in [4.69, 9.17) is 0 Å². The highest BCUT2D eigenvalue weighted by atomic mass is 15.2. The maximum Gasteiger partial charge on any atom is 0.0464 e. The molecule has 0 spiro atoms. The largest absolute Gasteiger partial charge is 0.311 e. The molecule has 0 saturated heterocycles. The van der Waals surface area contributed by atoms with E-state index >= 15 is 0 Å². The lowest BCUT2D eigenvalue weighted by atomic mass is 9.81. The number of para-hydroxylation sites is 2. The van der Waals surface area contributed by atoms with Crippen molar-refractivity contribution in [2.24, 2.45) is 5.92 Å². The third-order valence-electron chi connectivity index (χ3n) is 12.5. The van der Waals surface area contributed by atoms with Crippen LogP contribution >= 0.6 is 0 Å². The summed E-state index contributed by atoms with van der Waals surface area (Å²) in [6.45, 7) is 14.0. The van der Waals surface area contributed by atoms with Crippen LogP contribution in [-0.4, -0.2) is 0 Å². The molecular weight excluding hydrogens is 725 g/mol. The Balaban J connectivity index is 1.01. The van der Waals surface area contributed by atoms with Gasteiger partial charge in [-0.1, -0.05) is 181 Å². The van der Waals surface area contributed by atoms with Gasteiger partial charge in [-0.3, -0.25) is 0 Å². The van der Waals surface area contributed by atoms with E-state index in [1.807, 2.05) is 0 Å². The summed E-state index contributed by atoms with van der Waals surface area (Å²) in [5.41, 5.74) is 17.3. The van der Waals surface area contributed by atoms with Crippen molar-refractivity contribution in [2.45, 2.75) is 58.3 Å². The molecule has 2 unspecified atom stereocenters. The Morgan fingerprint density at radius 2 is 0.983 bits per heavy atom. The number of benzene rings is 7. The van der Waals surface area contributed by atoms with Crippen LogP contribution in [0, 0.1) is 5.92 Å². The first kappa shape index (κ1) is 38.9. The molecule has 0 heterocycles. The summed E-state index contributed by atoms with van der Waals surface area (Å²) in [7, 11) is 0. The van der Waals surface area contributed by atoms with Gasteiger partial charge in [0.25, 0.3) is 0 Å². The van der Waals surface area contributed by atoms with Crippen molar-refractivity contribution in [1.82, 2.24) is 0 Å². The fourth-order valence-corrected chi connectivity index (χ4v) is 9.12. The second-order valence-electron chi connectivity index (χ2n) is 18.0. The van der Waals surface area contributed by atoms with Crippen LogP contribution in [0.2, 0.25) is 0 Å². The SMILES string of the molecule is CC1C=C(N(c2ccc(C(C)(C)C)cc2)c2ccc3c(c2)C(C)(C)c2cc(/C=C/c4ccc(N(c5ccccc5)c5ccccc5)cc4)ccc2-3)C=CC1c1ccccc1. The average Bonchev–Trinajstić information content (AvgIpc) is 3.49. The third-order valence-corrected chi connectivity index (χ3v) is 12.5. The zero-order chi connectivity index (χ0) is 41.4. The van der Waals surface area contributed by atoms with Crippen molar-refractivity contribution in [3.8, 4) is 11.1 Å². The van der Waals surface area contributed by atoms with E-state index in [0.717, 1.165) is 17.1 Å². The van der Waals surface area contributed by atoms with E-state index in [1.165, 1.54) is 61.6 Å². The van der Waals surface area contributed by atoms with Gasteiger partial charge in [0.15, 0.2) is 0 Å². The molecule has 0 bridgehead atoms. The van der Waals surface area contributed by atoms with Crippen molar-refractivity contribution in [1.29, 1.82) is 0 Å². The van der Waals surface area contributed by atoms with Gasteiger partial charge < -0.3 is 9.80 Å². The molecule has 7 aromatic carbocycles. The Kier molecular flexibility index (Phi) is 10.3. The first-order chi connectivity index (χ1) is 29.0. The molecule has 7 aromatic rings. The van der Waals surface area contributed by atoms with Crippen LogP contribution in [0.4, 0.5) is 28.4 Å². The maximum atomic E-state index is 2.46. The van der Waals surface area contributed by atoms with Crippen LogP contribution in [0.1, 0.15) is 80.8 Å². The lowest BCUT2D eigenvalue weighted by molar-refractivity contribution is 0.590. The highest BCUT2D eigenvalue weighted by molar-refractivity contribution is 5.86. The van der Waals surface area contributed by atoms with E-state index in [-0.39, 0.29) is 10.8 Å². The lowest BCUT2D eigenvalue weighted by Gasteiger charge is -2.33. The molecule has 2 nitrogen and oxygen atoms in total. The molecule has 2 aliphatic rings. The summed E-state index contributed by atoms with van der Waals surface area (Å²) >= 11 is 0. The van der Waals surface area contributed by atoms with E-state index < -0.39 is 0 Å². The van der Waals surface area contributed by atoms with Crippen LogP contribution in [0.15, 0.2) is 200 Å². The Hall–Kier alpha value is -6.64. The van der Waals surface area contributed by atoms with E-state index in [9.17, 15) is 0 Å². The molecule has 0 saturated carbocycles. The third kappa shape index (κ3) is 7.55. The van der Waals surface area contributed by atoms with Crippen molar-refractivity contribution >= 4 is 40.6 Å². The van der Waals surface area contributed by atoms with Crippen molar-refractivity contribution in [2.75, 3.05) is 9.80 Å². The minimum atomic E-state index is -0.172. The molecule has 0 fully saturated rings. The van der Waals surface area contributed by atoms with Gasteiger partial charge in [-0.15, -0.1) is 0 Å². The lowest BCUT2D eigenvalue weighted by Crippen LogP contribution is -2.21. The smallest absolute Gasteiger partial charge is 0.0464 e. The second kappa shape index (κ2) is 15.8. The standard InChI is InChI=1S/C58H54N2/c1-41-38-50(33-36-52(41)44-16-10-7-11-17-44)60(49-31-27-45(28-32-49)57(2,3)4)51-34-37-54-53-35-26-43(39-55(53)58(5,6)56(54)40-51)23-22-42-24-29-48(30-25-42)59(46-18-12-8-13-19-46)47-20-14-9-15-21-47/h7-41,52H,1-6H3/b23-22+.